The molecule has 4 heteroatoms. The first kappa shape index (κ1) is 14.7. The van der Waals surface area contributed by atoms with E-state index in [0.29, 0.717) is 23.7 Å². The number of amidine groups is 1. The van der Waals surface area contributed by atoms with Gasteiger partial charge in [0.25, 0.3) is 0 Å². The molecule has 3 atom stereocenters. The summed E-state index contributed by atoms with van der Waals surface area (Å²) in [5, 5.41) is 0. The molecule has 2 aliphatic heterocycles. The Bertz CT molecular complexity index is 510. The Morgan fingerprint density at radius 1 is 1.55 bits per heavy atom. The standard InChI is InChI=1S/C16H23N3O/c1-5-7-8-13-10-19(12(4)18-16(13)17)15-9-11(3)14(6-2)20-15/h10-11,14-15H,4-6,9H2,1-3H3,(H2,17,18). The van der Waals surface area contributed by atoms with Crippen LogP contribution in [0.5, 0.6) is 0 Å². The molecule has 0 aromatic heterocycles. The lowest BCUT2D eigenvalue weighted by Gasteiger charge is -2.30. The molecule has 4 nitrogen and oxygen atoms in total. The fourth-order valence-corrected chi connectivity index (χ4v) is 2.60. The summed E-state index contributed by atoms with van der Waals surface area (Å²) < 4.78 is 6.08. The molecule has 0 aromatic carbocycles. The molecule has 2 rings (SSSR count). The highest BCUT2D eigenvalue weighted by molar-refractivity contribution is 6.02. The van der Waals surface area contributed by atoms with E-state index in [9.17, 15) is 0 Å². The van der Waals surface area contributed by atoms with Crippen LogP contribution in [-0.2, 0) is 4.74 Å². The van der Waals surface area contributed by atoms with E-state index < -0.39 is 0 Å². The molecule has 0 aliphatic carbocycles. The van der Waals surface area contributed by atoms with Crippen molar-refractivity contribution in [1.82, 2.24) is 4.90 Å². The van der Waals surface area contributed by atoms with Crippen LogP contribution in [0.1, 0.15) is 40.0 Å². The first-order valence-corrected chi connectivity index (χ1v) is 7.24. The Kier molecular flexibility index (Phi) is 4.51. The molecule has 2 N–H and O–H groups in total. The molecule has 20 heavy (non-hydrogen) atoms. The van der Waals surface area contributed by atoms with Gasteiger partial charge in [-0.05, 0) is 18.8 Å². The summed E-state index contributed by atoms with van der Waals surface area (Å²) in [6.45, 7) is 10.3. The average Bonchev–Trinajstić information content (AvgIpc) is 2.79. The maximum atomic E-state index is 6.08. The molecule has 0 saturated carbocycles. The third kappa shape index (κ3) is 2.88. The van der Waals surface area contributed by atoms with E-state index in [0.717, 1.165) is 24.8 Å². The van der Waals surface area contributed by atoms with Crippen LogP contribution < -0.4 is 5.73 Å². The fourth-order valence-electron chi connectivity index (χ4n) is 2.60. The fraction of sp³-hybridized carbons (Fsp3) is 0.562. The van der Waals surface area contributed by atoms with E-state index in [1.54, 1.807) is 0 Å². The minimum Gasteiger partial charge on any atom is -0.383 e. The molecule has 1 saturated heterocycles. The quantitative estimate of drug-likeness (QED) is 0.787. The topological polar surface area (TPSA) is 50.8 Å². The molecule has 2 aliphatic rings. The normalized spacial score (nSPS) is 29.6. The van der Waals surface area contributed by atoms with Gasteiger partial charge in [0.15, 0.2) is 0 Å². The maximum absolute atomic E-state index is 6.08. The van der Waals surface area contributed by atoms with Crippen molar-refractivity contribution in [2.24, 2.45) is 16.6 Å². The van der Waals surface area contributed by atoms with Crippen molar-refractivity contribution in [3.05, 3.63) is 24.2 Å². The van der Waals surface area contributed by atoms with Crippen LogP contribution in [0.25, 0.3) is 0 Å². The Morgan fingerprint density at radius 2 is 2.30 bits per heavy atom. The van der Waals surface area contributed by atoms with Gasteiger partial charge in [-0.2, -0.15) is 0 Å². The molecule has 108 valence electrons. The predicted octanol–water partition coefficient (Wildman–Crippen LogP) is 2.59. The molecule has 0 amide bonds. The van der Waals surface area contributed by atoms with Crippen molar-refractivity contribution in [3.8, 4) is 11.8 Å². The largest absolute Gasteiger partial charge is 0.383 e. The predicted molar refractivity (Wildman–Crippen MR) is 81.5 cm³/mol. The molecule has 3 unspecified atom stereocenters. The van der Waals surface area contributed by atoms with Gasteiger partial charge in [0.05, 0.1) is 11.7 Å². The van der Waals surface area contributed by atoms with Gasteiger partial charge in [0, 0.05) is 12.6 Å². The molecule has 0 bridgehead atoms. The van der Waals surface area contributed by atoms with Gasteiger partial charge in [0.2, 0.25) is 0 Å². The number of hydrogen-bond donors (Lipinski definition) is 1. The van der Waals surface area contributed by atoms with E-state index >= 15 is 0 Å². The van der Waals surface area contributed by atoms with Crippen LogP contribution in [0.2, 0.25) is 0 Å². The Labute approximate surface area is 121 Å². The monoisotopic (exact) mass is 273 g/mol. The second-order valence-corrected chi connectivity index (χ2v) is 5.27. The number of aliphatic imine (C=N–C) groups is 1. The van der Waals surface area contributed by atoms with Crippen LogP contribution >= 0.6 is 0 Å². The van der Waals surface area contributed by atoms with Gasteiger partial charge in [0.1, 0.15) is 17.9 Å². The highest BCUT2D eigenvalue weighted by Crippen LogP contribution is 2.33. The minimum absolute atomic E-state index is 0.0160. The van der Waals surface area contributed by atoms with Gasteiger partial charge < -0.3 is 15.4 Å². The van der Waals surface area contributed by atoms with E-state index in [1.807, 2.05) is 18.0 Å². The van der Waals surface area contributed by atoms with Crippen molar-refractivity contribution >= 4 is 5.84 Å². The zero-order valence-electron chi connectivity index (χ0n) is 12.5. The van der Waals surface area contributed by atoms with Gasteiger partial charge in [-0.15, -0.1) is 0 Å². The van der Waals surface area contributed by atoms with Gasteiger partial charge >= 0.3 is 0 Å². The molecule has 1 fully saturated rings. The SMILES string of the molecule is C=C1N=C(N)C(C#CCC)=CN1C1CC(C)C(CC)O1. The minimum atomic E-state index is -0.0160. The van der Waals surface area contributed by atoms with E-state index in [2.05, 4.69) is 37.3 Å². The molecule has 0 spiro atoms. The highest BCUT2D eigenvalue weighted by atomic mass is 16.5. The summed E-state index contributed by atoms with van der Waals surface area (Å²) in [7, 11) is 0. The number of ether oxygens (including phenoxy) is 1. The van der Waals surface area contributed by atoms with E-state index in [-0.39, 0.29) is 6.23 Å². The second kappa shape index (κ2) is 6.15. The Hall–Kier alpha value is -1.73. The number of rotatable bonds is 2. The van der Waals surface area contributed by atoms with Crippen LogP contribution in [0.4, 0.5) is 0 Å². The van der Waals surface area contributed by atoms with E-state index in [4.69, 9.17) is 10.5 Å². The van der Waals surface area contributed by atoms with Crippen LogP contribution in [-0.4, -0.2) is 23.1 Å². The van der Waals surface area contributed by atoms with Crippen LogP contribution in [0.15, 0.2) is 29.2 Å². The molecule has 2 heterocycles. The maximum Gasteiger partial charge on any atom is 0.143 e. The Morgan fingerprint density at radius 3 is 2.90 bits per heavy atom. The lowest BCUT2D eigenvalue weighted by molar-refractivity contribution is -0.0256. The van der Waals surface area contributed by atoms with Gasteiger partial charge in [-0.3, -0.25) is 0 Å². The van der Waals surface area contributed by atoms with Crippen LogP contribution in [0.3, 0.4) is 0 Å². The van der Waals surface area contributed by atoms with E-state index in [1.165, 1.54) is 0 Å². The zero-order chi connectivity index (χ0) is 14.7. The summed E-state index contributed by atoms with van der Waals surface area (Å²) in [6, 6.07) is 0. The summed E-state index contributed by atoms with van der Waals surface area (Å²) in [5.41, 5.74) is 6.65. The van der Waals surface area contributed by atoms with Crippen molar-refractivity contribution in [1.29, 1.82) is 0 Å². The molecule has 0 radical (unpaired) electrons. The van der Waals surface area contributed by atoms with Crippen molar-refractivity contribution in [2.45, 2.75) is 52.4 Å². The second-order valence-electron chi connectivity index (χ2n) is 5.27. The zero-order valence-corrected chi connectivity index (χ0v) is 12.5. The lowest BCUT2D eigenvalue weighted by Crippen LogP contribution is -2.34. The summed E-state index contributed by atoms with van der Waals surface area (Å²) >= 11 is 0. The third-order valence-corrected chi connectivity index (χ3v) is 3.74. The van der Waals surface area contributed by atoms with Gasteiger partial charge in [-0.25, -0.2) is 4.99 Å². The smallest absolute Gasteiger partial charge is 0.143 e. The summed E-state index contributed by atoms with van der Waals surface area (Å²) in [5.74, 6) is 7.68. The Balaban J connectivity index is 2.19. The first-order chi connectivity index (χ1) is 9.56. The number of nitrogens with two attached hydrogens (primary N) is 1. The van der Waals surface area contributed by atoms with Gasteiger partial charge in [-0.1, -0.05) is 39.2 Å². The molecular formula is C16H23N3O. The number of nitrogens with zero attached hydrogens (tertiary/aromatic N) is 2. The van der Waals surface area contributed by atoms with Crippen LogP contribution in [0, 0.1) is 17.8 Å². The van der Waals surface area contributed by atoms with Crippen molar-refractivity contribution in [3.63, 3.8) is 0 Å². The van der Waals surface area contributed by atoms with Crippen molar-refractivity contribution < 1.29 is 4.74 Å². The highest BCUT2D eigenvalue weighted by Gasteiger charge is 2.35. The molecular weight excluding hydrogens is 250 g/mol. The summed E-state index contributed by atoms with van der Waals surface area (Å²) in [6.07, 6.45) is 4.99. The van der Waals surface area contributed by atoms with Crippen molar-refractivity contribution in [2.75, 3.05) is 0 Å². The number of hydrogen-bond acceptors (Lipinski definition) is 4. The molecule has 0 aromatic rings. The first-order valence-electron chi connectivity index (χ1n) is 7.24. The average molecular weight is 273 g/mol. The lowest BCUT2D eigenvalue weighted by atomic mass is 10.0. The summed E-state index contributed by atoms with van der Waals surface area (Å²) in [4.78, 5) is 6.25. The third-order valence-electron chi connectivity index (χ3n) is 3.74.